The zero-order valence-corrected chi connectivity index (χ0v) is 12.1. The predicted molar refractivity (Wildman–Crippen MR) is 77.7 cm³/mol. The van der Waals surface area contributed by atoms with Crippen molar-refractivity contribution in [2.45, 2.75) is 13.0 Å². The molecule has 7 nitrogen and oxygen atoms in total. The Hall–Kier alpha value is -2.32. The monoisotopic (exact) mass is 304 g/mol. The number of aromatic nitrogens is 3. The van der Waals surface area contributed by atoms with Crippen molar-refractivity contribution in [2.75, 3.05) is 13.1 Å². The molecule has 2 heterocycles. The third kappa shape index (κ3) is 3.12. The molecule has 0 spiro atoms. The van der Waals surface area contributed by atoms with Crippen molar-refractivity contribution in [3.05, 3.63) is 42.0 Å². The Kier molecular flexibility index (Phi) is 4.12. The average molecular weight is 304 g/mol. The summed E-state index contributed by atoms with van der Waals surface area (Å²) in [5.41, 5.74) is 7.03. The molecule has 22 heavy (non-hydrogen) atoms. The summed E-state index contributed by atoms with van der Waals surface area (Å²) in [5.74, 6) is -0.265. The van der Waals surface area contributed by atoms with E-state index in [-0.39, 0.29) is 17.4 Å². The molecule has 1 aliphatic heterocycles. The van der Waals surface area contributed by atoms with Crippen LogP contribution >= 0.6 is 0 Å². The molecule has 1 fully saturated rings. The van der Waals surface area contributed by atoms with Gasteiger partial charge in [-0.25, -0.2) is 9.07 Å². The quantitative estimate of drug-likeness (QED) is 0.754. The van der Waals surface area contributed by atoms with Crippen molar-refractivity contribution >= 4 is 5.91 Å². The van der Waals surface area contributed by atoms with Crippen LogP contribution in [0.1, 0.15) is 17.4 Å². The summed E-state index contributed by atoms with van der Waals surface area (Å²) in [6, 6.07) is 6.11. The second-order valence-electron chi connectivity index (χ2n) is 5.31. The van der Waals surface area contributed by atoms with Gasteiger partial charge in [-0.2, -0.15) is 0 Å². The third-order valence-electron chi connectivity index (χ3n) is 3.74. The maximum absolute atomic E-state index is 12.9. The summed E-state index contributed by atoms with van der Waals surface area (Å²) in [5, 5.41) is 10.6. The summed E-state index contributed by atoms with van der Waals surface area (Å²) >= 11 is 0. The smallest absolute Gasteiger partial charge is 0.273 e. The fraction of sp³-hybridized carbons (Fsp3) is 0.357. The molecule has 2 aromatic rings. The Morgan fingerprint density at radius 3 is 2.91 bits per heavy atom. The molecule has 0 bridgehead atoms. The minimum atomic E-state index is -0.324. The van der Waals surface area contributed by atoms with Gasteiger partial charge < -0.3 is 5.32 Å². The van der Waals surface area contributed by atoms with E-state index < -0.39 is 0 Å². The fourth-order valence-electron chi connectivity index (χ4n) is 2.30. The van der Waals surface area contributed by atoms with Gasteiger partial charge in [0.25, 0.3) is 5.91 Å². The fourth-order valence-corrected chi connectivity index (χ4v) is 2.30. The van der Waals surface area contributed by atoms with E-state index in [2.05, 4.69) is 33.4 Å². The maximum Gasteiger partial charge on any atom is 0.273 e. The molecule has 2 atom stereocenters. The zero-order chi connectivity index (χ0) is 15.5. The van der Waals surface area contributed by atoms with Crippen molar-refractivity contribution in [1.82, 2.24) is 31.2 Å². The van der Waals surface area contributed by atoms with E-state index in [0.29, 0.717) is 24.2 Å². The Morgan fingerprint density at radius 1 is 1.45 bits per heavy atom. The summed E-state index contributed by atoms with van der Waals surface area (Å²) < 4.78 is 14.3. The van der Waals surface area contributed by atoms with Crippen molar-refractivity contribution in [1.29, 1.82) is 0 Å². The maximum atomic E-state index is 12.9. The number of amides is 1. The summed E-state index contributed by atoms with van der Waals surface area (Å²) in [6.07, 6.45) is 1.52. The SMILES string of the molecule is CC1NNCC1CNC(=O)c1cn(-c2ccc(F)cc2)nn1. The summed E-state index contributed by atoms with van der Waals surface area (Å²) in [6.45, 7) is 3.43. The molecule has 1 aliphatic rings. The molecule has 0 saturated carbocycles. The number of hydrogen-bond acceptors (Lipinski definition) is 5. The highest BCUT2D eigenvalue weighted by atomic mass is 19.1. The number of carbonyl (C=O) groups excluding carboxylic acids is 1. The molecule has 3 rings (SSSR count). The molecular weight excluding hydrogens is 287 g/mol. The Labute approximate surface area is 126 Å². The zero-order valence-electron chi connectivity index (χ0n) is 12.1. The van der Waals surface area contributed by atoms with Crippen LogP contribution in [-0.2, 0) is 0 Å². The summed E-state index contributed by atoms with van der Waals surface area (Å²) in [4.78, 5) is 12.1. The van der Waals surface area contributed by atoms with Gasteiger partial charge in [-0.1, -0.05) is 5.21 Å². The molecule has 1 saturated heterocycles. The number of benzene rings is 1. The minimum Gasteiger partial charge on any atom is -0.350 e. The van der Waals surface area contributed by atoms with Gasteiger partial charge in [0.1, 0.15) is 5.82 Å². The molecular formula is C14H17FN6O. The number of hydrazine groups is 1. The van der Waals surface area contributed by atoms with E-state index >= 15 is 0 Å². The van der Waals surface area contributed by atoms with Crippen LogP contribution in [0.3, 0.4) is 0 Å². The molecule has 1 amide bonds. The highest BCUT2D eigenvalue weighted by molar-refractivity contribution is 5.91. The van der Waals surface area contributed by atoms with E-state index in [9.17, 15) is 9.18 Å². The lowest BCUT2D eigenvalue weighted by Crippen LogP contribution is -2.35. The minimum absolute atomic E-state index is 0.232. The van der Waals surface area contributed by atoms with Gasteiger partial charge >= 0.3 is 0 Å². The van der Waals surface area contributed by atoms with Crippen LogP contribution < -0.4 is 16.2 Å². The number of carbonyl (C=O) groups is 1. The number of halogens is 1. The summed E-state index contributed by atoms with van der Waals surface area (Å²) in [7, 11) is 0. The number of nitrogens with one attached hydrogen (secondary N) is 3. The Morgan fingerprint density at radius 2 is 2.23 bits per heavy atom. The molecule has 2 unspecified atom stereocenters. The molecule has 1 aromatic heterocycles. The first kappa shape index (κ1) is 14.6. The van der Waals surface area contributed by atoms with Crippen molar-refractivity contribution in [2.24, 2.45) is 5.92 Å². The van der Waals surface area contributed by atoms with Crippen LogP contribution in [0.2, 0.25) is 0 Å². The molecule has 116 valence electrons. The van der Waals surface area contributed by atoms with Gasteiger partial charge in [0, 0.05) is 25.0 Å². The number of rotatable bonds is 4. The molecule has 3 N–H and O–H groups in total. The van der Waals surface area contributed by atoms with Crippen molar-refractivity contribution in [3.63, 3.8) is 0 Å². The van der Waals surface area contributed by atoms with E-state index in [1.165, 1.54) is 23.0 Å². The molecule has 0 radical (unpaired) electrons. The van der Waals surface area contributed by atoms with E-state index in [4.69, 9.17) is 0 Å². The number of hydrogen-bond donors (Lipinski definition) is 3. The van der Waals surface area contributed by atoms with Crippen LogP contribution in [-0.4, -0.2) is 40.0 Å². The van der Waals surface area contributed by atoms with Gasteiger partial charge in [-0.15, -0.1) is 5.10 Å². The lowest BCUT2D eigenvalue weighted by atomic mass is 10.0. The van der Waals surface area contributed by atoms with Crippen molar-refractivity contribution in [3.8, 4) is 5.69 Å². The first-order valence-electron chi connectivity index (χ1n) is 7.08. The van der Waals surface area contributed by atoms with Crippen LogP contribution in [0, 0.1) is 11.7 Å². The normalized spacial score (nSPS) is 21.0. The van der Waals surface area contributed by atoms with E-state index in [0.717, 1.165) is 6.54 Å². The van der Waals surface area contributed by atoms with Crippen LogP contribution in [0.15, 0.2) is 30.5 Å². The lowest BCUT2D eigenvalue weighted by molar-refractivity contribution is 0.0942. The highest BCUT2D eigenvalue weighted by Crippen LogP contribution is 2.09. The van der Waals surface area contributed by atoms with Crippen LogP contribution in [0.4, 0.5) is 4.39 Å². The van der Waals surface area contributed by atoms with Gasteiger partial charge in [-0.05, 0) is 31.2 Å². The second-order valence-corrected chi connectivity index (χ2v) is 5.31. The highest BCUT2D eigenvalue weighted by Gasteiger charge is 2.23. The lowest BCUT2D eigenvalue weighted by Gasteiger charge is -2.13. The number of nitrogens with zero attached hydrogens (tertiary/aromatic N) is 3. The Balaban J connectivity index is 1.63. The third-order valence-corrected chi connectivity index (χ3v) is 3.74. The standard InChI is InChI=1S/C14H17FN6O/c1-9-10(7-17-18-9)6-16-14(22)13-8-21(20-19-13)12-4-2-11(15)3-5-12/h2-5,8-10,17-18H,6-7H2,1H3,(H,16,22). The predicted octanol–water partition coefficient (Wildman–Crippen LogP) is 0.249. The van der Waals surface area contributed by atoms with Crippen LogP contribution in [0.5, 0.6) is 0 Å². The van der Waals surface area contributed by atoms with E-state index in [1.807, 2.05) is 0 Å². The largest absolute Gasteiger partial charge is 0.350 e. The van der Waals surface area contributed by atoms with E-state index in [1.54, 1.807) is 12.1 Å². The molecule has 8 heteroatoms. The first-order chi connectivity index (χ1) is 10.6. The molecule has 1 aromatic carbocycles. The van der Waals surface area contributed by atoms with Gasteiger partial charge in [0.15, 0.2) is 5.69 Å². The van der Waals surface area contributed by atoms with Crippen LogP contribution in [0.25, 0.3) is 5.69 Å². The van der Waals surface area contributed by atoms with Gasteiger partial charge in [0.05, 0.1) is 11.9 Å². The Bertz CT molecular complexity index is 656. The van der Waals surface area contributed by atoms with Gasteiger partial charge in [0.2, 0.25) is 0 Å². The topological polar surface area (TPSA) is 83.9 Å². The second kappa shape index (κ2) is 6.20. The first-order valence-corrected chi connectivity index (χ1v) is 7.08. The van der Waals surface area contributed by atoms with Gasteiger partial charge in [-0.3, -0.25) is 15.6 Å². The van der Waals surface area contributed by atoms with Crippen molar-refractivity contribution < 1.29 is 9.18 Å². The average Bonchev–Trinajstić information content (AvgIpc) is 3.15. The molecule has 0 aliphatic carbocycles.